The van der Waals surface area contributed by atoms with Gasteiger partial charge in [0.25, 0.3) is 0 Å². The second-order valence-electron chi connectivity index (χ2n) is 4.73. The van der Waals surface area contributed by atoms with E-state index in [0.717, 1.165) is 26.8 Å². The van der Waals surface area contributed by atoms with Crippen molar-refractivity contribution in [3.63, 3.8) is 0 Å². The maximum Gasteiger partial charge on any atom is 0.335 e. The number of hydrogen-bond acceptors (Lipinski definition) is 2. The summed E-state index contributed by atoms with van der Waals surface area (Å²) in [6, 6.07) is 12.9. The van der Waals surface area contributed by atoms with Crippen molar-refractivity contribution >= 4 is 32.4 Å². The van der Waals surface area contributed by atoms with E-state index in [1.165, 1.54) is 11.3 Å². The lowest BCUT2D eigenvalue weighted by molar-refractivity contribution is 0.0697. The van der Waals surface area contributed by atoms with E-state index in [1.54, 1.807) is 18.2 Å². The van der Waals surface area contributed by atoms with Gasteiger partial charge in [0.2, 0.25) is 5.00 Å². The molecule has 0 aliphatic heterocycles. The highest BCUT2D eigenvalue weighted by atomic mass is 32.1. The van der Waals surface area contributed by atoms with Crippen molar-refractivity contribution in [1.82, 2.24) is 0 Å². The molecule has 3 rings (SSSR count). The van der Waals surface area contributed by atoms with Gasteiger partial charge in [-0.25, -0.2) is 9.64 Å². The Bertz CT molecular complexity index is 903. The van der Waals surface area contributed by atoms with Gasteiger partial charge in [-0.15, -0.1) is 0 Å². The molecule has 102 valence electrons. The first-order chi connectivity index (χ1) is 10.1. The van der Waals surface area contributed by atoms with E-state index >= 15 is 0 Å². The SMILES string of the molecule is [C-]#[N+]c1sc2ccc(C(=O)O)cc2c1-c1ccccc1C. The summed E-state index contributed by atoms with van der Waals surface area (Å²) in [7, 11) is 0. The van der Waals surface area contributed by atoms with E-state index in [-0.39, 0.29) is 5.56 Å². The Morgan fingerprint density at radius 1 is 1.24 bits per heavy atom. The number of thiophene rings is 1. The van der Waals surface area contributed by atoms with Crippen molar-refractivity contribution in [3.8, 4) is 11.1 Å². The van der Waals surface area contributed by atoms with E-state index < -0.39 is 5.97 Å². The number of benzene rings is 2. The molecule has 0 radical (unpaired) electrons. The van der Waals surface area contributed by atoms with Crippen molar-refractivity contribution in [2.75, 3.05) is 0 Å². The molecule has 0 amide bonds. The summed E-state index contributed by atoms with van der Waals surface area (Å²) < 4.78 is 0.934. The molecule has 4 heteroatoms. The van der Waals surface area contributed by atoms with Crippen molar-refractivity contribution < 1.29 is 9.90 Å². The van der Waals surface area contributed by atoms with E-state index in [4.69, 9.17) is 11.7 Å². The molecule has 3 aromatic rings. The molecule has 0 aliphatic carbocycles. The number of aryl methyl sites for hydroxylation is 1. The van der Waals surface area contributed by atoms with Crippen LogP contribution in [0.5, 0.6) is 0 Å². The Morgan fingerprint density at radius 3 is 2.67 bits per heavy atom. The van der Waals surface area contributed by atoms with Gasteiger partial charge in [0.15, 0.2) is 0 Å². The Hall–Kier alpha value is -2.64. The van der Waals surface area contributed by atoms with Crippen LogP contribution in [-0.4, -0.2) is 11.1 Å². The molecular weight excluding hydrogens is 282 g/mol. The number of aromatic carboxylic acids is 1. The minimum absolute atomic E-state index is 0.242. The Kier molecular flexibility index (Phi) is 3.20. The fourth-order valence-electron chi connectivity index (χ4n) is 2.41. The maximum atomic E-state index is 11.2. The summed E-state index contributed by atoms with van der Waals surface area (Å²) in [6.07, 6.45) is 0. The van der Waals surface area contributed by atoms with E-state index in [2.05, 4.69) is 4.85 Å². The molecule has 0 bridgehead atoms. The molecule has 1 heterocycles. The van der Waals surface area contributed by atoms with Crippen LogP contribution >= 0.6 is 11.3 Å². The molecule has 0 fully saturated rings. The first kappa shape index (κ1) is 13.3. The Balaban J connectivity index is 2.39. The van der Waals surface area contributed by atoms with Crippen LogP contribution in [0.2, 0.25) is 0 Å². The average Bonchev–Trinajstić information content (AvgIpc) is 2.85. The molecule has 0 aliphatic rings. The van der Waals surface area contributed by atoms with Crippen LogP contribution in [0.4, 0.5) is 5.00 Å². The minimum Gasteiger partial charge on any atom is -0.478 e. The molecule has 0 unspecified atom stereocenters. The van der Waals surface area contributed by atoms with Crippen LogP contribution < -0.4 is 0 Å². The summed E-state index contributed by atoms with van der Waals surface area (Å²) >= 11 is 1.40. The number of carboxylic acids is 1. The fraction of sp³-hybridized carbons (Fsp3) is 0.0588. The van der Waals surface area contributed by atoms with E-state index in [0.29, 0.717) is 5.00 Å². The molecule has 0 atom stereocenters. The molecule has 3 nitrogen and oxygen atoms in total. The second kappa shape index (κ2) is 5.04. The zero-order chi connectivity index (χ0) is 15.0. The first-order valence-electron chi connectivity index (χ1n) is 6.35. The predicted octanol–water partition coefficient (Wildman–Crippen LogP) is 5.13. The molecule has 0 spiro atoms. The summed E-state index contributed by atoms with van der Waals surface area (Å²) in [5, 5.41) is 10.6. The van der Waals surface area contributed by atoms with Gasteiger partial charge >= 0.3 is 5.97 Å². The highest BCUT2D eigenvalue weighted by Crippen LogP contribution is 2.45. The minimum atomic E-state index is -0.955. The fourth-order valence-corrected chi connectivity index (χ4v) is 3.39. The summed E-state index contributed by atoms with van der Waals surface area (Å²) in [5.74, 6) is -0.955. The van der Waals surface area contributed by atoms with Crippen LogP contribution in [0.3, 0.4) is 0 Å². The van der Waals surface area contributed by atoms with E-state index in [9.17, 15) is 4.79 Å². The zero-order valence-electron chi connectivity index (χ0n) is 11.3. The Morgan fingerprint density at radius 2 is 2.00 bits per heavy atom. The van der Waals surface area contributed by atoms with Crippen molar-refractivity contribution in [2.45, 2.75) is 6.92 Å². The number of rotatable bonds is 2. The number of fused-ring (bicyclic) bond motifs is 1. The quantitative estimate of drug-likeness (QED) is 0.666. The van der Waals surface area contributed by atoms with Gasteiger partial charge in [0.1, 0.15) is 0 Å². The number of carbonyl (C=O) groups is 1. The highest BCUT2D eigenvalue weighted by molar-refractivity contribution is 7.23. The monoisotopic (exact) mass is 293 g/mol. The Labute approximate surface area is 125 Å². The lowest BCUT2D eigenvalue weighted by Gasteiger charge is -2.06. The predicted molar refractivity (Wildman–Crippen MR) is 85.2 cm³/mol. The zero-order valence-corrected chi connectivity index (χ0v) is 12.1. The average molecular weight is 293 g/mol. The van der Waals surface area contributed by atoms with Crippen LogP contribution in [-0.2, 0) is 0 Å². The molecule has 0 saturated heterocycles. The van der Waals surface area contributed by atoms with Gasteiger partial charge < -0.3 is 5.11 Å². The maximum absolute atomic E-state index is 11.2. The van der Waals surface area contributed by atoms with Crippen LogP contribution in [0.25, 0.3) is 26.1 Å². The number of carboxylic acid groups (broad SMARTS) is 1. The summed E-state index contributed by atoms with van der Waals surface area (Å²) in [6.45, 7) is 9.39. The summed E-state index contributed by atoms with van der Waals surface area (Å²) in [4.78, 5) is 14.8. The van der Waals surface area contributed by atoms with Crippen molar-refractivity contribution in [1.29, 1.82) is 0 Å². The lowest BCUT2D eigenvalue weighted by atomic mass is 9.98. The van der Waals surface area contributed by atoms with Gasteiger partial charge in [-0.1, -0.05) is 24.3 Å². The normalized spacial score (nSPS) is 10.5. The van der Waals surface area contributed by atoms with Crippen LogP contribution in [0.15, 0.2) is 42.5 Å². The highest BCUT2D eigenvalue weighted by Gasteiger charge is 2.16. The van der Waals surface area contributed by atoms with Gasteiger partial charge in [-0.3, -0.25) is 0 Å². The van der Waals surface area contributed by atoms with Crippen molar-refractivity contribution in [3.05, 3.63) is 65.0 Å². The standard InChI is InChI=1S/C17H11NO2S/c1-10-5-3-4-6-12(10)15-13-9-11(17(19)20)7-8-14(13)21-16(15)18-2/h3-9H,1H3,(H,19,20). The topological polar surface area (TPSA) is 41.7 Å². The molecule has 1 aromatic heterocycles. The third-order valence-corrected chi connectivity index (χ3v) is 4.50. The van der Waals surface area contributed by atoms with Gasteiger partial charge in [0, 0.05) is 10.3 Å². The third-order valence-electron chi connectivity index (χ3n) is 3.43. The van der Waals surface area contributed by atoms with Gasteiger partial charge in [-0.05, 0) is 41.6 Å². The van der Waals surface area contributed by atoms with Gasteiger partial charge in [0.05, 0.1) is 12.1 Å². The first-order valence-corrected chi connectivity index (χ1v) is 7.17. The molecule has 2 aromatic carbocycles. The number of nitrogens with zero attached hydrogens (tertiary/aromatic N) is 1. The second-order valence-corrected chi connectivity index (χ2v) is 5.76. The molecule has 0 saturated carbocycles. The summed E-state index contributed by atoms with van der Waals surface area (Å²) in [5.41, 5.74) is 3.14. The smallest absolute Gasteiger partial charge is 0.335 e. The van der Waals surface area contributed by atoms with Crippen molar-refractivity contribution in [2.24, 2.45) is 0 Å². The molecule has 21 heavy (non-hydrogen) atoms. The largest absolute Gasteiger partial charge is 0.478 e. The van der Waals surface area contributed by atoms with Gasteiger partial charge in [-0.2, -0.15) is 11.3 Å². The van der Waals surface area contributed by atoms with E-state index in [1.807, 2.05) is 31.2 Å². The van der Waals surface area contributed by atoms with Crippen LogP contribution in [0, 0.1) is 13.5 Å². The molecule has 1 N–H and O–H groups in total. The lowest BCUT2D eigenvalue weighted by Crippen LogP contribution is -1.94. The van der Waals surface area contributed by atoms with Crippen LogP contribution in [0.1, 0.15) is 15.9 Å². The molecular formula is C17H11NO2S. The third kappa shape index (κ3) is 2.18. The number of hydrogen-bond donors (Lipinski definition) is 1.